The maximum Gasteiger partial charge on any atom is 0.0645 e. The zero-order valence-corrected chi connectivity index (χ0v) is 6.54. The first kappa shape index (κ1) is 7.48. The van der Waals surface area contributed by atoms with E-state index >= 15 is 0 Å². The summed E-state index contributed by atoms with van der Waals surface area (Å²) in [7, 11) is 0. The number of hydrogen-bond acceptors (Lipinski definition) is 2. The zero-order valence-electron chi connectivity index (χ0n) is 5.79. The summed E-state index contributed by atoms with van der Waals surface area (Å²) in [6, 6.07) is 3.79. The lowest BCUT2D eigenvalue weighted by atomic mass is 10.2. The Morgan fingerprint density at radius 3 is 3.00 bits per heavy atom. The maximum absolute atomic E-state index is 5.74. The molecule has 0 amide bonds. The molecule has 0 bridgehead atoms. The first-order valence-corrected chi connectivity index (χ1v) is 3.63. The molecule has 1 aromatic heterocycles. The van der Waals surface area contributed by atoms with Crippen molar-refractivity contribution in [3.05, 3.63) is 24.0 Å². The van der Waals surface area contributed by atoms with Gasteiger partial charge < -0.3 is 0 Å². The molecule has 1 rings (SSSR count). The van der Waals surface area contributed by atoms with Gasteiger partial charge in [-0.15, -0.1) is 11.6 Å². The van der Waals surface area contributed by atoms with Crippen molar-refractivity contribution in [1.29, 1.82) is 0 Å². The number of nitrogens with zero attached hydrogens (tertiary/aromatic N) is 2. The van der Waals surface area contributed by atoms with Gasteiger partial charge in [-0.1, -0.05) is 0 Å². The van der Waals surface area contributed by atoms with Gasteiger partial charge in [-0.3, -0.25) is 0 Å². The predicted octanol–water partition coefficient (Wildman–Crippen LogP) is 1.65. The molecule has 10 heavy (non-hydrogen) atoms. The quantitative estimate of drug-likeness (QED) is 0.609. The number of halogens is 1. The summed E-state index contributed by atoms with van der Waals surface area (Å²) in [5.41, 5.74) is 0.949. The van der Waals surface area contributed by atoms with Crippen molar-refractivity contribution in [3.63, 3.8) is 0 Å². The Hall–Kier alpha value is -0.630. The molecule has 3 heteroatoms. The Morgan fingerprint density at radius 2 is 2.50 bits per heavy atom. The van der Waals surface area contributed by atoms with Crippen molar-refractivity contribution in [2.24, 2.45) is 0 Å². The second kappa shape index (κ2) is 3.52. The third-order valence-corrected chi connectivity index (χ3v) is 1.27. The van der Waals surface area contributed by atoms with Crippen molar-refractivity contribution in [2.75, 3.05) is 0 Å². The van der Waals surface area contributed by atoms with Crippen LogP contribution in [0, 0.1) is 0 Å². The second-order valence-corrected chi connectivity index (χ2v) is 2.94. The van der Waals surface area contributed by atoms with Gasteiger partial charge in [-0.2, -0.15) is 10.2 Å². The lowest BCUT2D eigenvalue weighted by Gasteiger charge is -1.98. The molecule has 0 aliphatic carbocycles. The van der Waals surface area contributed by atoms with Crippen LogP contribution in [-0.2, 0) is 6.42 Å². The van der Waals surface area contributed by atoms with E-state index in [1.54, 1.807) is 6.20 Å². The van der Waals surface area contributed by atoms with Gasteiger partial charge in [0, 0.05) is 18.0 Å². The van der Waals surface area contributed by atoms with E-state index in [1.807, 2.05) is 19.1 Å². The molecule has 0 saturated carbocycles. The fourth-order valence-electron chi connectivity index (χ4n) is 0.730. The standard InChI is InChI=1S/C7H9ClN2/c1-6(8)5-7-3-2-4-9-10-7/h2-4,6H,5H2,1H3. The van der Waals surface area contributed by atoms with Gasteiger partial charge in [-0.05, 0) is 19.1 Å². The molecule has 0 saturated heterocycles. The van der Waals surface area contributed by atoms with Gasteiger partial charge in [0.2, 0.25) is 0 Å². The van der Waals surface area contributed by atoms with Gasteiger partial charge in [0.05, 0.1) is 5.69 Å². The van der Waals surface area contributed by atoms with Crippen molar-refractivity contribution in [1.82, 2.24) is 10.2 Å². The summed E-state index contributed by atoms with van der Waals surface area (Å²) in [6.07, 6.45) is 2.44. The number of hydrogen-bond donors (Lipinski definition) is 0. The fourth-order valence-corrected chi connectivity index (χ4v) is 0.889. The number of alkyl halides is 1. The first-order valence-electron chi connectivity index (χ1n) is 3.19. The molecule has 0 radical (unpaired) electrons. The monoisotopic (exact) mass is 156 g/mol. The van der Waals surface area contributed by atoms with E-state index in [4.69, 9.17) is 11.6 Å². The molecular weight excluding hydrogens is 148 g/mol. The summed E-state index contributed by atoms with van der Waals surface area (Å²) in [6.45, 7) is 1.94. The van der Waals surface area contributed by atoms with Gasteiger partial charge in [0.1, 0.15) is 0 Å². The minimum atomic E-state index is 0.136. The zero-order chi connectivity index (χ0) is 7.40. The summed E-state index contributed by atoms with van der Waals surface area (Å²) in [4.78, 5) is 0. The molecule has 0 aliphatic rings. The summed E-state index contributed by atoms with van der Waals surface area (Å²) < 4.78 is 0. The molecule has 0 aromatic carbocycles. The molecule has 1 unspecified atom stereocenters. The van der Waals surface area contributed by atoms with Gasteiger partial charge in [0.15, 0.2) is 0 Å². The molecule has 1 atom stereocenters. The van der Waals surface area contributed by atoms with E-state index in [1.165, 1.54) is 0 Å². The number of rotatable bonds is 2. The van der Waals surface area contributed by atoms with Gasteiger partial charge >= 0.3 is 0 Å². The molecular formula is C7H9ClN2. The highest BCUT2D eigenvalue weighted by Gasteiger charge is 1.98. The summed E-state index contributed by atoms with van der Waals surface area (Å²) in [5, 5.41) is 7.75. The Bertz CT molecular complexity index is 186. The Balaban J connectivity index is 2.59. The van der Waals surface area contributed by atoms with Gasteiger partial charge in [0.25, 0.3) is 0 Å². The highest BCUT2D eigenvalue weighted by Crippen LogP contribution is 2.02. The highest BCUT2D eigenvalue weighted by molar-refractivity contribution is 6.20. The minimum Gasteiger partial charge on any atom is -0.159 e. The Kier molecular flexibility index (Phi) is 2.63. The smallest absolute Gasteiger partial charge is 0.0645 e. The lowest BCUT2D eigenvalue weighted by Crippen LogP contribution is -1.99. The normalized spacial score (nSPS) is 13.0. The third-order valence-electron chi connectivity index (χ3n) is 1.12. The average Bonchev–Trinajstić information content (AvgIpc) is 1.88. The molecule has 1 heterocycles. The van der Waals surface area contributed by atoms with Crippen LogP contribution >= 0.6 is 11.6 Å². The van der Waals surface area contributed by atoms with E-state index in [-0.39, 0.29) is 5.38 Å². The SMILES string of the molecule is CC(Cl)Cc1cccnn1. The first-order chi connectivity index (χ1) is 4.79. The van der Waals surface area contributed by atoms with Crippen molar-refractivity contribution >= 4 is 11.6 Å². The third kappa shape index (κ3) is 2.31. The summed E-state index contributed by atoms with van der Waals surface area (Å²) >= 11 is 5.74. The van der Waals surface area contributed by atoms with Gasteiger partial charge in [-0.25, -0.2) is 0 Å². The predicted molar refractivity (Wildman–Crippen MR) is 41.1 cm³/mol. The maximum atomic E-state index is 5.74. The molecule has 1 aromatic rings. The lowest BCUT2D eigenvalue weighted by molar-refractivity contribution is 0.845. The minimum absolute atomic E-state index is 0.136. The molecule has 2 nitrogen and oxygen atoms in total. The van der Waals surface area contributed by atoms with Crippen LogP contribution in [0.2, 0.25) is 0 Å². The van der Waals surface area contributed by atoms with E-state index in [9.17, 15) is 0 Å². The molecule has 0 fully saturated rings. The molecule has 0 spiro atoms. The van der Waals surface area contributed by atoms with Crippen LogP contribution in [0.1, 0.15) is 12.6 Å². The highest BCUT2D eigenvalue weighted by atomic mass is 35.5. The van der Waals surface area contributed by atoms with Crippen molar-refractivity contribution in [3.8, 4) is 0 Å². The topological polar surface area (TPSA) is 25.8 Å². The number of aromatic nitrogens is 2. The van der Waals surface area contributed by atoms with Crippen LogP contribution < -0.4 is 0 Å². The van der Waals surface area contributed by atoms with Crippen LogP contribution in [0.5, 0.6) is 0 Å². The van der Waals surface area contributed by atoms with E-state index in [2.05, 4.69) is 10.2 Å². The van der Waals surface area contributed by atoms with Crippen LogP contribution in [-0.4, -0.2) is 15.6 Å². The Morgan fingerprint density at radius 1 is 1.70 bits per heavy atom. The molecule has 54 valence electrons. The molecule has 0 aliphatic heterocycles. The van der Waals surface area contributed by atoms with Crippen LogP contribution in [0.3, 0.4) is 0 Å². The Labute approximate surface area is 65.2 Å². The van der Waals surface area contributed by atoms with Crippen LogP contribution in [0.15, 0.2) is 18.3 Å². The van der Waals surface area contributed by atoms with Crippen LogP contribution in [0.4, 0.5) is 0 Å². The van der Waals surface area contributed by atoms with Crippen LogP contribution in [0.25, 0.3) is 0 Å². The van der Waals surface area contributed by atoms with Crippen molar-refractivity contribution < 1.29 is 0 Å². The average molecular weight is 157 g/mol. The molecule has 0 N–H and O–H groups in total. The van der Waals surface area contributed by atoms with E-state index in [0.29, 0.717) is 0 Å². The second-order valence-electron chi connectivity index (χ2n) is 2.20. The fraction of sp³-hybridized carbons (Fsp3) is 0.429. The largest absolute Gasteiger partial charge is 0.159 e. The van der Waals surface area contributed by atoms with E-state index in [0.717, 1.165) is 12.1 Å². The van der Waals surface area contributed by atoms with Crippen molar-refractivity contribution in [2.45, 2.75) is 18.7 Å². The summed E-state index contributed by atoms with van der Waals surface area (Å²) in [5.74, 6) is 0. The van der Waals surface area contributed by atoms with E-state index < -0.39 is 0 Å².